The third kappa shape index (κ3) is 5.29. The summed E-state index contributed by atoms with van der Waals surface area (Å²) >= 11 is 2.49. The summed E-state index contributed by atoms with van der Waals surface area (Å²) in [5, 5.41) is 0.330. The summed E-state index contributed by atoms with van der Waals surface area (Å²) in [6, 6.07) is 14.4. The van der Waals surface area contributed by atoms with Crippen LogP contribution >= 0.6 is 22.7 Å². The number of aromatic nitrogens is 2. The van der Waals surface area contributed by atoms with Crippen LogP contribution in [0.5, 0.6) is 0 Å². The molecule has 0 aliphatic carbocycles. The number of carbonyl (C=O) groups excluding carboxylic acids is 3. The number of fused-ring (bicyclic) bond motifs is 1. The van der Waals surface area contributed by atoms with Gasteiger partial charge in [0.05, 0.1) is 40.1 Å². The molecule has 1 amide bonds. The van der Waals surface area contributed by atoms with Gasteiger partial charge in [0.2, 0.25) is 0 Å². The number of amides is 1. The van der Waals surface area contributed by atoms with Gasteiger partial charge < -0.3 is 9.47 Å². The molecule has 0 spiro atoms. The van der Waals surface area contributed by atoms with Crippen LogP contribution in [0.25, 0.3) is 10.2 Å². The van der Waals surface area contributed by atoms with Crippen LogP contribution in [-0.2, 0) is 20.8 Å². The van der Waals surface area contributed by atoms with Crippen LogP contribution < -0.4 is 4.90 Å². The standard InChI is InChI=1S/C24H21N3O5S2/c1-3-31-23(30)21-15(2)26-24(34-21)27(12-16-7-5-4-6-8-16)20(28)13-32-22(29)17-9-10-18-19(11-17)33-14-25-18/h4-11,14H,3,12-13H2,1-2H3. The fourth-order valence-corrected chi connectivity index (χ4v) is 4.88. The Morgan fingerprint density at radius 2 is 1.82 bits per heavy atom. The first kappa shape index (κ1) is 23.5. The van der Waals surface area contributed by atoms with E-state index in [4.69, 9.17) is 9.47 Å². The van der Waals surface area contributed by atoms with Gasteiger partial charge in [-0.25, -0.2) is 19.6 Å². The van der Waals surface area contributed by atoms with E-state index in [1.54, 1.807) is 37.6 Å². The van der Waals surface area contributed by atoms with Crippen molar-refractivity contribution in [2.24, 2.45) is 0 Å². The molecule has 4 rings (SSSR count). The highest BCUT2D eigenvalue weighted by Crippen LogP contribution is 2.28. The van der Waals surface area contributed by atoms with E-state index in [0.717, 1.165) is 27.1 Å². The zero-order valence-corrected chi connectivity index (χ0v) is 20.1. The first-order valence-corrected chi connectivity index (χ1v) is 12.1. The van der Waals surface area contributed by atoms with Gasteiger partial charge in [0.15, 0.2) is 11.7 Å². The summed E-state index contributed by atoms with van der Waals surface area (Å²) in [5.74, 6) is -1.55. The van der Waals surface area contributed by atoms with Crippen LogP contribution in [0.4, 0.5) is 5.13 Å². The van der Waals surface area contributed by atoms with Gasteiger partial charge in [-0.3, -0.25) is 9.69 Å². The van der Waals surface area contributed by atoms with Crippen LogP contribution in [0.1, 0.15) is 38.2 Å². The molecule has 0 saturated heterocycles. The Bertz CT molecular complexity index is 1330. The molecule has 174 valence electrons. The normalized spacial score (nSPS) is 10.8. The number of anilines is 1. The quantitative estimate of drug-likeness (QED) is 0.329. The summed E-state index contributed by atoms with van der Waals surface area (Å²) in [7, 11) is 0. The molecular weight excluding hydrogens is 474 g/mol. The summed E-state index contributed by atoms with van der Waals surface area (Å²) < 4.78 is 11.3. The molecule has 2 aromatic carbocycles. The smallest absolute Gasteiger partial charge is 0.350 e. The van der Waals surface area contributed by atoms with E-state index >= 15 is 0 Å². The summed E-state index contributed by atoms with van der Waals surface area (Å²) in [5.41, 5.74) is 4.17. The minimum atomic E-state index is -0.606. The Balaban J connectivity index is 1.53. The Morgan fingerprint density at radius 3 is 2.59 bits per heavy atom. The molecule has 0 aliphatic rings. The monoisotopic (exact) mass is 495 g/mol. The third-order valence-corrected chi connectivity index (χ3v) is 6.81. The van der Waals surface area contributed by atoms with Gasteiger partial charge in [0.1, 0.15) is 4.88 Å². The van der Waals surface area contributed by atoms with E-state index in [-0.39, 0.29) is 13.2 Å². The number of carbonyl (C=O) groups is 3. The largest absolute Gasteiger partial charge is 0.462 e. The van der Waals surface area contributed by atoms with Crippen molar-refractivity contribution >= 4 is 55.9 Å². The number of thiazole rings is 2. The molecule has 0 N–H and O–H groups in total. The molecule has 2 aromatic heterocycles. The van der Waals surface area contributed by atoms with Crippen molar-refractivity contribution in [1.29, 1.82) is 0 Å². The molecule has 2 heterocycles. The maximum absolute atomic E-state index is 13.2. The second-order valence-corrected chi connectivity index (χ2v) is 9.07. The van der Waals surface area contributed by atoms with Crippen molar-refractivity contribution in [1.82, 2.24) is 9.97 Å². The highest BCUT2D eigenvalue weighted by molar-refractivity contribution is 7.17. The molecule has 0 saturated carbocycles. The minimum Gasteiger partial charge on any atom is -0.462 e. The molecule has 0 bridgehead atoms. The number of rotatable bonds is 8. The predicted octanol–water partition coefficient (Wildman–Crippen LogP) is 4.63. The van der Waals surface area contributed by atoms with Crippen molar-refractivity contribution in [2.45, 2.75) is 20.4 Å². The number of hydrogen-bond donors (Lipinski definition) is 0. The Morgan fingerprint density at radius 1 is 1.03 bits per heavy atom. The van der Waals surface area contributed by atoms with Gasteiger partial charge >= 0.3 is 11.9 Å². The van der Waals surface area contributed by atoms with E-state index in [1.165, 1.54) is 16.2 Å². The molecule has 8 nitrogen and oxygen atoms in total. The van der Waals surface area contributed by atoms with Crippen LogP contribution in [0, 0.1) is 6.92 Å². The van der Waals surface area contributed by atoms with Crippen molar-refractivity contribution in [3.05, 3.63) is 75.7 Å². The first-order chi connectivity index (χ1) is 16.5. The number of hydrogen-bond acceptors (Lipinski definition) is 9. The molecule has 34 heavy (non-hydrogen) atoms. The highest BCUT2D eigenvalue weighted by Gasteiger charge is 2.25. The van der Waals surface area contributed by atoms with Crippen LogP contribution in [-0.4, -0.2) is 41.0 Å². The average Bonchev–Trinajstić information content (AvgIpc) is 3.47. The maximum Gasteiger partial charge on any atom is 0.350 e. The Kier molecular flexibility index (Phi) is 7.29. The Hall–Kier alpha value is -3.63. The van der Waals surface area contributed by atoms with Crippen molar-refractivity contribution in [3.8, 4) is 0 Å². The number of benzene rings is 2. The molecule has 0 aliphatic heterocycles. The second-order valence-electron chi connectivity index (χ2n) is 7.21. The molecule has 4 aromatic rings. The zero-order chi connectivity index (χ0) is 24.1. The highest BCUT2D eigenvalue weighted by atomic mass is 32.1. The SMILES string of the molecule is CCOC(=O)c1sc(N(Cc2ccccc2)C(=O)COC(=O)c2ccc3ncsc3c2)nc1C. The summed E-state index contributed by atoms with van der Waals surface area (Å²) in [6.07, 6.45) is 0. The number of nitrogens with zero attached hydrogens (tertiary/aromatic N) is 3. The maximum atomic E-state index is 13.2. The van der Waals surface area contributed by atoms with E-state index in [2.05, 4.69) is 9.97 Å². The Labute approximate surface area is 203 Å². The van der Waals surface area contributed by atoms with Gasteiger partial charge in [-0.05, 0) is 37.6 Å². The molecule has 0 radical (unpaired) electrons. The lowest BCUT2D eigenvalue weighted by Gasteiger charge is -2.20. The summed E-state index contributed by atoms with van der Waals surface area (Å²) in [6.45, 7) is 3.38. The number of aryl methyl sites for hydroxylation is 1. The topological polar surface area (TPSA) is 98.7 Å². The third-order valence-electron chi connectivity index (χ3n) is 4.86. The van der Waals surface area contributed by atoms with Crippen molar-refractivity contribution in [3.63, 3.8) is 0 Å². The molecule has 0 unspecified atom stereocenters. The van der Waals surface area contributed by atoms with Gasteiger partial charge in [0.25, 0.3) is 5.91 Å². The van der Waals surface area contributed by atoms with Crippen molar-refractivity contribution in [2.75, 3.05) is 18.1 Å². The molecular formula is C24H21N3O5S2. The van der Waals surface area contributed by atoms with Gasteiger partial charge in [-0.1, -0.05) is 41.7 Å². The van der Waals surface area contributed by atoms with Gasteiger partial charge in [-0.15, -0.1) is 11.3 Å². The summed E-state index contributed by atoms with van der Waals surface area (Å²) in [4.78, 5) is 48.3. The van der Waals surface area contributed by atoms with E-state index in [1.807, 2.05) is 30.3 Å². The van der Waals surface area contributed by atoms with E-state index in [0.29, 0.717) is 21.3 Å². The fourth-order valence-electron chi connectivity index (χ4n) is 3.18. The lowest BCUT2D eigenvalue weighted by Crippen LogP contribution is -2.34. The lowest BCUT2D eigenvalue weighted by molar-refractivity contribution is -0.121. The second kappa shape index (κ2) is 10.5. The van der Waals surface area contributed by atoms with Crippen molar-refractivity contribution < 1.29 is 23.9 Å². The predicted molar refractivity (Wildman–Crippen MR) is 130 cm³/mol. The van der Waals surface area contributed by atoms with E-state index in [9.17, 15) is 14.4 Å². The van der Waals surface area contributed by atoms with E-state index < -0.39 is 24.5 Å². The fraction of sp³-hybridized carbons (Fsp3) is 0.208. The minimum absolute atomic E-state index is 0.208. The number of esters is 2. The lowest BCUT2D eigenvalue weighted by atomic mass is 10.2. The molecule has 10 heteroatoms. The molecule has 0 fully saturated rings. The number of ether oxygens (including phenoxy) is 2. The van der Waals surface area contributed by atoms with Crippen LogP contribution in [0.3, 0.4) is 0 Å². The first-order valence-electron chi connectivity index (χ1n) is 10.5. The molecule has 0 atom stereocenters. The van der Waals surface area contributed by atoms with Crippen LogP contribution in [0.15, 0.2) is 54.0 Å². The zero-order valence-electron chi connectivity index (χ0n) is 18.5. The van der Waals surface area contributed by atoms with Crippen LogP contribution in [0.2, 0.25) is 0 Å². The van der Waals surface area contributed by atoms with Gasteiger partial charge in [0, 0.05) is 0 Å². The average molecular weight is 496 g/mol. The van der Waals surface area contributed by atoms with Gasteiger partial charge in [-0.2, -0.15) is 0 Å².